The summed E-state index contributed by atoms with van der Waals surface area (Å²) in [5.41, 5.74) is 0.762. The Hall–Kier alpha value is -2.47. The van der Waals surface area contributed by atoms with E-state index in [2.05, 4.69) is 20.4 Å². The van der Waals surface area contributed by atoms with E-state index in [1.165, 1.54) is 0 Å². The van der Waals surface area contributed by atoms with Crippen LogP contribution in [0, 0.1) is 0 Å². The minimum absolute atomic E-state index is 0.0660. The van der Waals surface area contributed by atoms with Crippen LogP contribution >= 0.6 is 0 Å². The zero-order valence-corrected chi connectivity index (χ0v) is 13.5. The highest BCUT2D eigenvalue weighted by Crippen LogP contribution is 2.18. The topological polar surface area (TPSA) is 78.4 Å². The maximum atomic E-state index is 12.2. The fraction of sp³-hybridized carbons (Fsp3) is 0.389. The second kappa shape index (κ2) is 7.88. The lowest BCUT2D eigenvalue weighted by molar-refractivity contribution is -0.123. The molecule has 6 heteroatoms. The fourth-order valence-electron chi connectivity index (χ4n) is 3.02. The molecule has 0 spiro atoms. The number of carbonyl (C=O) groups excluding carboxylic acids is 1. The molecule has 24 heavy (non-hydrogen) atoms. The molecule has 0 saturated carbocycles. The Bertz CT molecular complexity index is 651. The molecule has 1 aliphatic heterocycles. The van der Waals surface area contributed by atoms with E-state index in [0.29, 0.717) is 6.54 Å². The largest absolute Gasteiger partial charge is 0.388 e. The molecule has 126 valence electrons. The van der Waals surface area contributed by atoms with Crippen molar-refractivity contribution in [2.45, 2.75) is 31.4 Å². The first-order valence-corrected chi connectivity index (χ1v) is 8.27. The van der Waals surface area contributed by atoms with Gasteiger partial charge in [-0.25, -0.2) is 0 Å². The lowest BCUT2D eigenvalue weighted by Gasteiger charge is -2.33. The van der Waals surface area contributed by atoms with Crippen LogP contribution in [0.4, 0.5) is 5.82 Å². The third kappa shape index (κ3) is 4.29. The van der Waals surface area contributed by atoms with Crippen LogP contribution in [-0.4, -0.2) is 40.3 Å². The third-order valence-electron chi connectivity index (χ3n) is 4.23. The molecule has 1 aromatic carbocycles. The van der Waals surface area contributed by atoms with Crippen molar-refractivity contribution in [3.05, 3.63) is 54.2 Å². The highest BCUT2D eigenvalue weighted by atomic mass is 16.3. The average molecular weight is 326 g/mol. The number of amides is 1. The van der Waals surface area contributed by atoms with Gasteiger partial charge in [0.2, 0.25) is 5.91 Å². The van der Waals surface area contributed by atoms with Gasteiger partial charge in [-0.1, -0.05) is 30.3 Å². The van der Waals surface area contributed by atoms with Crippen molar-refractivity contribution in [2.75, 3.05) is 18.0 Å². The second-order valence-electron chi connectivity index (χ2n) is 6.07. The first-order valence-electron chi connectivity index (χ1n) is 8.27. The van der Waals surface area contributed by atoms with E-state index in [0.717, 1.165) is 30.8 Å². The van der Waals surface area contributed by atoms with E-state index < -0.39 is 6.10 Å². The average Bonchev–Trinajstić information content (AvgIpc) is 2.63. The summed E-state index contributed by atoms with van der Waals surface area (Å²) in [6.45, 7) is 1.63. The summed E-state index contributed by atoms with van der Waals surface area (Å²) in [6.07, 6.45) is 2.88. The number of nitrogens with one attached hydrogen (secondary N) is 1. The molecule has 1 aliphatic rings. The van der Waals surface area contributed by atoms with Crippen molar-refractivity contribution < 1.29 is 9.90 Å². The van der Waals surface area contributed by atoms with E-state index >= 15 is 0 Å². The van der Waals surface area contributed by atoms with Gasteiger partial charge in [0.15, 0.2) is 5.82 Å². The Kier molecular flexibility index (Phi) is 5.38. The highest BCUT2D eigenvalue weighted by Gasteiger charge is 2.23. The number of aromatic nitrogens is 2. The molecule has 2 atom stereocenters. The van der Waals surface area contributed by atoms with E-state index in [1.807, 2.05) is 42.5 Å². The summed E-state index contributed by atoms with van der Waals surface area (Å²) in [5, 5.41) is 21.2. The molecule has 0 radical (unpaired) electrons. The van der Waals surface area contributed by atoms with Crippen molar-refractivity contribution in [1.82, 2.24) is 15.5 Å². The SMILES string of the molecule is O=C(CC(O)c1ccccc1)NC1CCCN(c2cccnn2)C1. The van der Waals surface area contributed by atoms with Crippen LogP contribution in [0.15, 0.2) is 48.7 Å². The number of nitrogens with zero attached hydrogens (tertiary/aromatic N) is 3. The molecule has 1 saturated heterocycles. The number of hydrogen-bond donors (Lipinski definition) is 2. The number of carbonyl (C=O) groups is 1. The Balaban J connectivity index is 1.53. The van der Waals surface area contributed by atoms with Gasteiger partial charge < -0.3 is 15.3 Å². The summed E-state index contributed by atoms with van der Waals surface area (Å²) in [5.74, 6) is 0.707. The molecule has 2 aromatic rings. The lowest BCUT2D eigenvalue weighted by atomic mass is 10.0. The minimum Gasteiger partial charge on any atom is -0.388 e. The Labute approximate surface area is 141 Å². The summed E-state index contributed by atoms with van der Waals surface area (Å²) in [6, 6.07) is 13.1. The van der Waals surface area contributed by atoms with Gasteiger partial charge in [0, 0.05) is 25.3 Å². The summed E-state index contributed by atoms with van der Waals surface area (Å²) >= 11 is 0. The number of aliphatic hydroxyl groups is 1. The minimum atomic E-state index is -0.772. The zero-order valence-electron chi connectivity index (χ0n) is 13.5. The summed E-state index contributed by atoms with van der Waals surface area (Å²) < 4.78 is 0. The summed E-state index contributed by atoms with van der Waals surface area (Å²) in [4.78, 5) is 14.4. The predicted octanol–water partition coefficient (Wildman–Crippen LogP) is 1.69. The summed E-state index contributed by atoms with van der Waals surface area (Å²) in [7, 11) is 0. The molecule has 2 heterocycles. The molecule has 2 N–H and O–H groups in total. The van der Waals surface area contributed by atoms with Crippen LogP contribution < -0.4 is 10.2 Å². The van der Waals surface area contributed by atoms with Crippen LogP contribution in [-0.2, 0) is 4.79 Å². The van der Waals surface area contributed by atoms with Gasteiger partial charge in [-0.05, 0) is 30.5 Å². The Morgan fingerprint density at radius 3 is 2.88 bits per heavy atom. The van der Waals surface area contributed by atoms with Crippen LogP contribution in [0.1, 0.15) is 30.9 Å². The van der Waals surface area contributed by atoms with Gasteiger partial charge in [-0.15, -0.1) is 5.10 Å². The molecule has 1 amide bonds. The van der Waals surface area contributed by atoms with E-state index in [-0.39, 0.29) is 18.4 Å². The van der Waals surface area contributed by atoms with E-state index in [9.17, 15) is 9.90 Å². The van der Waals surface area contributed by atoms with Gasteiger partial charge in [-0.2, -0.15) is 5.10 Å². The Morgan fingerprint density at radius 2 is 2.12 bits per heavy atom. The monoisotopic (exact) mass is 326 g/mol. The second-order valence-corrected chi connectivity index (χ2v) is 6.07. The number of benzene rings is 1. The van der Waals surface area contributed by atoms with Crippen LogP contribution in [0.3, 0.4) is 0 Å². The van der Waals surface area contributed by atoms with Crippen molar-refractivity contribution in [3.63, 3.8) is 0 Å². The lowest BCUT2D eigenvalue weighted by Crippen LogP contribution is -2.48. The molecule has 1 aromatic heterocycles. The highest BCUT2D eigenvalue weighted by molar-refractivity contribution is 5.77. The zero-order chi connectivity index (χ0) is 16.8. The smallest absolute Gasteiger partial charge is 0.223 e. The molecular formula is C18H22N4O2. The first kappa shape index (κ1) is 16.4. The number of hydrogen-bond acceptors (Lipinski definition) is 5. The van der Waals surface area contributed by atoms with Gasteiger partial charge in [-0.3, -0.25) is 4.79 Å². The van der Waals surface area contributed by atoms with Gasteiger partial charge >= 0.3 is 0 Å². The van der Waals surface area contributed by atoms with E-state index in [1.54, 1.807) is 6.20 Å². The fourth-order valence-corrected chi connectivity index (χ4v) is 3.02. The van der Waals surface area contributed by atoms with Crippen molar-refractivity contribution in [1.29, 1.82) is 0 Å². The number of rotatable bonds is 5. The molecule has 6 nitrogen and oxygen atoms in total. The molecule has 0 aliphatic carbocycles. The van der Waals surface area contributed by atoms with Crippen LogP contribution in [0.2, 0.25) is 0 Å². The maximum Gasteiger partial charge on any atom is 0.223 e. The molecule has 3 rings (SSSR count). The van der Waals surface area contributed by atoms with Gasteiger partial charge in [0.25, 0.3) is 0 Å². The van der Waals surface area contributed by atoms with Crippen molar-refractivity contribution in [3.8, 4) is 0 Å². The molecular weight excluding hydrogens is 304 g/mol. The van der Waals surface area contributed by atoms with Crippen molar-refractivity contribution >= 4 is 11.7 Å². The first-order chi connectivity index (χ1) is 11.7. The molecule has 2 unspecified atom stereocenters. The third-order valence-corrected chi connectivity index (χ3v) is 4.23. The van der Waals surface area contributed by atoms with Gasteiger partial charge in [0.05, 0.1) is 12.5 Å². The van der Waals surface area contributed by atoms with E-state index in [4.69, 9.17) is 0 Å². The number of aliphatic hydroxyl groups excluding tert-OH is 1. The number of piperidine rings is 1. The number of anilines is 1. The quantitative estimate of drug-likeness (QED) is 0.874. The normalized spacial score (nSPS) is 18.9. The van der Waals surface area contributed by atoms with Gasteiger partial charge in [0.1, 0.15) is 0 Å². The van der Waals surface area contributed by atoms with Crippen LogP contribution in [0.5, 0.6) is 0 Å². The maximum absolute atomic E-state index is 12.2. The standard InChI is InChI=1S/C18H22N4O2/c23-16(14-6-2-1-3-7-14)12-18(24)20-15-8-5-11-22(13-15)17-9-4-10-19-21-17/h1-4,6-7,9-10,15-16,23H,5,8,11-13H2,(H,20,24). The molecule has 1 fully saturated rings. The van der Waals surface area contributed by atoms with Crippen LogP contribution in [0.25, 0.3) is 0 Å². The predicted molar refractivity (Wildman–Crippen MR) is 91.4 cm³/mol. The Morgan fingerprint density at radius 1 is 1.29 bits per heavy atom. The molecule has 0 bridgehead atoms. The van der Waals surface area contributed by atoms with Crippen molar-refractivity contribution in [2.24, 2.45) is 0 Å².